The zero-order valence-electron chi connectivity index (χ0n) is 11.5. The minimum atomic E-state index is -0.989. The Labute approximate surface area is 109 Å². The smallest absolute Gasteiger partial charge is 0.309 e. The van der Waals surface area contributed by atoms with Gasteiger partial charge in [0.05, 0.1) is 5.41 Å². The van der Waals surface area contributed by atoms with Crippen molar-refractivity contribution in [1.82, 2.24) is 10.2 Å². The van der Waals surface area contributed by atoms with Crippen molar-refractivity contribution in [3.8, 4) is 0 Å². The molecule has 0 spiro atoms. The Balaban J connectivity index is 2.64. The van der Waals surface area contributed by atoms with E-state index < -0.39 is 11.4 Å². The highest BCUT2D eigenvalue weighted by atomic mass is 16.4. The van der Waals surface area contributed by atoms with Crippen LogP contribution in [0.15, 0.2) is 0 Å². The Morgan fingerprint density at radius 2 is 1.89 bits per heavy atom. The SMILES string of the molecule is CCN(C(=O)CC(C)(C)C(=O)O)C1CCNCC1. The van der Waals surface area contributed by atoms with Gasteiger partial charge >= 0.3 is 5.97 Å². The van der Waals surface area contributed by atoms with Crippen molar-refractivity contribution in [3.63, 3.8) is 0 Å². The monoisotopic (exact) mass is 256 g/mol. The fourth-order valence-electron chi connectivity index (χ4n) is 2.31. The van der Waals surface area contributed by atoms with Crippen LogP contribution >= 0.6 is 0 Å². The molecule has 1 aliphatic rings. The summed E-state index contributed by atoms with van der Waals surface area (Å²) in [4.78, 5) is 25.1. The van der Waals surface area contributed by atoms with E-state index in [4.69, 9.17) is 5.11 Å². The fraction of sp³-hybridized carbons (Fsp3) is 0.846. The molecule has 1 amide bonds. The molecule has 0 bridgehead atoms. The molecule has 18 heavy (non-hydrogen) atoms. The number of hydrogen-bond donors (Lipinski definition) is 2. The molecule has 0 aromatic carbocycles. The number of hydrogen-bond acceptors (Lipinski definition) is 3. The maximum absolute atomic E-state index is 12.2. The lowest BCUT2D eigenvalue weighted by Crippen LogP contribution is -2.47. The largest absolute Gasteiger partial charge is 0.481 e. The van der Waals surface area contributed by atoms with E-state index in [0.29, 0.717) is 6.54 Å². The minimum absolute atomic E-state index is 0.0446. The van der Waals surface area contributed by atoms with Crippen LogP contribution in [0.25, 0.3) is 0 Å². The van der Waals surface area contributed by atoms with E-state index in [2.05, 4.69) is 5.32 Å². The van der Waals surface area contributed by atoms with Crippen molar-refractivity contribution in [2.45, 2.75) is 46.1 Å². The Hall–Kier alpha value is -1.10. The van der Waals surface area contributed by atoms with E-state index in [1.54, 1.807) is 13.8 Å². The van der Waals surface area contributed by atoms with Crippen molar-refractivity contribution in [3.05, 3.63) is 0 Å². The maximum atomic E-state index is 12.2. The van der Waals surface area contributed by atoms with E-state index >= 15 is 0 Å². The third kappa shape index (κ3) is 3.70. The molecule has 104 valence electrons. The Morgan fingerprint density at radius 1 is 1.33 bits per heavy atom. The van der Waals surface area contributed by atoms with Crippen LogP contribution in [-0.2, 0) is 9.59 Å². The number of carboxylic acid groups (broad SMARTS) is 1. The molecule has 0 atom stereocenters. The molecular formula is C13H24N2O3. The van der Waals surface area contributed by atoms with Crippen LogP contribution in [0.1, 0.15) is 40.0 Å². The third-order valence-corrected chi connectivity index (χ3v) is 3.58. The zero-order chi connectivity index (χ0) is 13.8. The molecule has 1 aliphatic heterocycles. The second-order valence-corrected chi connectivity index (χ2v) is 5.53. The van der Waals surface area contributed by atoms with Crippen molar-refractivity contribution < 1.29 is 14.7 Å². The number of rotatable bonds is 5. The second kappa shape index (κ2) is 6.18. The van der Waals surface area contributed by atoms with Gasteiger partial charge in [-0.25, -0.2) is 0 Å². The van der Waals surface area contributed by atoms with Gasteiger partial charge in [-0.1, -0.05) is 0 Å². The van der Waals surface area contributed by atoms with Gasteiger partial charge in [0.25, 0.3) is 0 Å². The number of amides is 1. The van der Waals surface area contributed by atoms with Gasteiger partial charge in [-0.2, -0.15) is 0 Å². The number of nitrogens with one attached hydrogen (secondary N) is 1. The molecule has 5 heteroatoms. The van der Waals surface area contributed by atoms with Gasteiger partial charge in [0.1, 0.15) is 0 Å². The number of carbonyl (C=O) groups is 2. The van der Waals surface area contributed by atoms with E-state index in [9.17, 15) is 9.59 Å². The first kappa shape index (κ1) is 15.0. The average Bonchev–Trinajstić information content (AvgIpc) is 2.30. The van der Waals surface area contributed by atoms with Crippen molar-refractivity contribution in [2.75, 3.05) is 19.6 Å². The maximum Gasteiger partial charge on any atom is 0.309 e. The molecule has 0 aliphatic carbocycles. The summed E-state index contributed by atoms with van der Waals surface area (Å²) in [5.41, 5.74) is -0.989. The van der Waals surface area contributed by atoms with Crippen LogP contribution in [0.5, 0.6) is 0 Å². The molecule has 1 rings (SSSR count). The number of piperidine rings is 1. The van der Waals surface area contributed by atoms with Crippen LogP contribution in [0.3, 0.4) is 0 Å². The van der Waals surface area contributed by atoms with E-state index in [1.807, 2.05) is 11.8 Å². The molecule has 2 N–H and O–H groups in total. The van der Waals surface area contributed by atoms with Crippen LogP contribution in [0.4, 0.5) is 0 Å². The highest BCUT2D eigenvalue weighted by Crippen LogP contribution is 2.23. The highest BCUT2D eigenvalue weighted by Gasteiger charge is 2.33. The van der Waals surface area contributed by atoms with E-state index in [0.717, 1.165) is 25.9 Å². The van der Waals surface area contributed by atoms with Crippen LogP contribution in [-0.4, -0.2) is 47.6 Å². The van der Waals surface area contributed by atoms with Gasteiger partial charge in [-0.3, -0.25) is 9.59 Å². The van der Waals surface area contributed by atoms with Gasteiger partial charge < -0.3 is 15.3 Å². The van der Waals surface area contributed by atoms with Crippen LogP contribution < -0.4 is 5.32 Å². The molecule has 1 heterocycles. The summed E-state index contributed by atoms with van der Waals surface area (Å²) in [7, 11) is 0. The quantitative estimate of drug-likeness (QED) is 0.772. The standard InChI is InChI=1S/C13H24N2O3/c1-4-15(10-5-7-14-8-6-10)11(16)9-13(2,3)12(17)18/h10,14H,4-9H2,1-3H3,(H,17,18). The van der Waals surface area contributed by atoms with Gasteiger partial charge in [0.15, 0.2) is 0 Å². The fourth-order valence-corrected chi connectivity index (χ4v) is 2.31. The lowest BCUT2D eigenvalue weighted by atomic mass is 9.88. The van der Waals surface area contributed by atoms with Gasteiger partial charge in [0, 0.05) is 19.0 Å². The molecule has 1 saturated heterocycles. The van der Waals surface area contributed by atoms with Gasteiger partial charge in [-0.05, 0) is 46.7 Å². The molecule has 5 nitrogen and oxygen atoms in total. The highest BCUT2D eigenvalue weighted by molar-refractivity contribution is 5.84. The first-order valence-electron chi connectivity index (χ1n) is 6.62. The predicted molar refractivity (Wildman–Crippen MR) is 69.3 cm³/mol. The normalized spacial score (nSPS) is 17.5. The number of carboxylic acids is 1. The number of nitrogens with zero attached hydrogens (tertiary/aromatic N) is 1. The zero-order valence-corrected chi connectivity index (χ0v) is 11.5. The van der Waals surface area contributed by atoms with E-state index in [-0.39, 0.29) is 18.4 Å². The average molecular weight is 256 g/mol. The number of carbonyl (C=O) groups excluding carboxylic acids is 1. The summed E-state index contributed by atoms with van der Waals surface area (Å²) < 4.78 is 0. The first-order chi connectivity index (χ1) is 8.38. The molecule has 0 saturated carbocycles. The Bertz CT molecular complexity index is 309. The number of aliphatic carboxylic acids is 1. The predicted octanol–water partition coefficient (Wildman–Crippen LogP) is 1.09. The minimum Gasteiger partial charge on any atom is -0.481 e. The summed E-state index contributed by atoms with van der Waals surface area (Å²) in [6.07, 6.45) is 1.97. The Morgan fingerprint density at radius 3 is 2.33 bits per heavy atom. The second-order valence-electron chi connectivity index (χ2n) is 5.53. The summed E-state index contributed by atoms with van der Waals surface area (Å²) in [5, 5.41) is 12.3. The van der Waals surface area contributed by atoms with Crippen LogP contribution in [0.2, 0.25) is 0 Å². The Kier molecular flexibility index (Phi) is 5.14. The lowest BCUT2D eigenvalue weighted by Gasteiger charge is -2.35. The third-order valence-electron chi connectivity index (χ3n) is 3.58. The summed E-state index contributed by atoms with van der Waals surface area (Å²) in [6, 6.07) is 0.258. The topological polar surface area (TPSA) is 69.6 Å². The first-order valence-corrected chi connectivity index (χ1v) is 6.62. The van der Waals surface area contributed by atoms with Crippen molar-refractivity contribution in [2.24, 2.45) is 5.41 Å². The summed E-state index contributed by atoms with van der Waals surface area (Å²) in [5.74, 6) is -0.964. The van der Waals surface area contributed by atoms with Crippen molar-refractivity contribution in [1.29, 1.82) is 0 Å². The van der Waals surface area contributed by atoms with Gasteiger partial charge in [-0.15, -0.1) is 0 Å². The molecule has 0 aromatic heterocycles. The molecule has 0 aromatic rings. The molecule has 0 unspecified atom stereocenters. The molecule has 0 radical (unpaired) electrons. The summed E-state index contributed by atoms with van der Waals surface area (Å²) >= 11 is 0. The molecule has 1 fully saturated rings. The van der Waals surface area contributed by atoms with Gasteiger partial charge in [0.2, 0.25) is 5.91 Å². The van der Waals surface area contributed by atoms with Crippen molar-refractivity contribution >= 4 is 11.9 Å². The van der Waals surface area contributed by atoms with E-state index in [1.165, 1.54) is 0 Å². The lowest BCUT2D eigenvalue weighted by molar-refractivity contribution is -0.152. The molecular weight excluding hydrogens is 232 g/mol. The summed E-state index contributed by atoms with van der Waals surface area (Å²) in [6.45, 7) is 7.66. The van der Waals surface area contributed by atoms with Crippen LogP contribution in [0, 0.1) is 5.41 Å².